The number of carbonyl (C=O) groups excluding carboxylic acids is 3. The average molecular weight is 507 g/mol. The van der Waals surface area contributed by atoms with Gasteiger partial charge in [0.25, 0.3) is 0 Å². The Balaban J connectivity index is 1.60. The maximum atomic E-state index is 17.3. The van der Waals surface area contributed by atoms with E-state index in [1.54, 1.807) is 13.8 Å². The van der Waals surface area contributed by atoms with Gasteiger partial charge in [-0.25, -0.2) is 13.6 Å². The van der Waals surface area contributed by atoms with Gasteiger partial charge in [-0.3, -0.25) is 9.59 Å². The van der Waals surface area contributed by atoms with Crippen LogP contribution >= 0.6 is 12.6 Å². The second-order valence-corrected chi connectivity index (χ2v) is 11.5. The van der Waals surface area contributed by atoms with Crippen molar-refractivity contribution >= 4 is 29.5 Å². The van der Waals surface area contributed by atoms with Gasteiger partial charge in [-0.1, -0.05) is 13.0 Å². The number of allylic oxidation sites excluding steroid dienone is 4. The standard InChI is InChI=1S/C26H28F2O6S/c1-23-12-19(30)26(28)14(10-17(27)15-9-13(29)6-7-24(15,26)2)16(23)11-25(3,20(23)22(32)35)34-21(31)18-5-4-8-33-18/h4-9,14,16-17,19-20,30H,10-12H2,1-3H3,(H,32,35)/t14?,16?,17-,19-,20+,23-,24-,25-,26-/m0/s1. The Bertz CT molecular complexity index is 1160. The maximum Gasteiger partial charge on any atom is 0.374 e. The number of rotatable bonds is 3. The fourth-order valence-corrected chi connectivity index (χ4v) is 8.42. The van der Waals surface area contributed by atoms with Crippen LogP contribution in [0.5, 0.6) is 0 Å². The fourth-order valence-electron chi connectivity index (χ4n) is 7.85. The highest BCUT2D eigenvalue weighted by atomic mass is 32.1. The Hall–Kier alpha value is -2.26. The van der Waals surface area contributed by atoms with Crippen LogP contribution in [0.15, 0.2) is 46.6 Å². The zero-order valence-electron chi connectivity index (χ0n) is 19.7. The van der Waals surface area contributed by atoms with E-state index in [1.807, 2.05) is 0 Å². The number of carbonyl (C=O) groups is 3. The summed E-state index contributed by atoms with van der Waals surface area (Å²) in [5.41, 5.74) is -6.19. The molecule has 1 aromatic rings. The molecule has 0 radical (unpaired) electrons. The molecular formula is C26H28F2O6S. The highest BCUT2D eigenvalue weighted by Gasteiger charge is 2.75. The van der Waals surface area contributed by atoms with E-state index in [-0.39, 0.29) is 30.6 Å². The topological polar surface area (TPSA) is 93.8 Å². The Morgan fingerprint density at radius 2 is 1.94 bits per heavy atom. The number of furan rings is 1. The van der Waals surface area contributed by atoms with E-state index in [1.165, 1.54) is 37.5 Å². The molecule has 1 heterocycles. The molecule has 5 rings (SSSR count). The van der Waals surface area contributed by atoms with Crippen molar-refractivity contribution in [2.75, 3.05) is 0 Å². The molecule has 0 spiro atoms. The van der Waals surface area contributed by atoms with Gasteiger partial charge in [0.2, 0.25) is 5.76 Å². The molecule has 0 aliphatic heterocycles. The Morgan fingerprint density at radius 1 is 1.23 bits per heavy atom. The van der Waals surface area contributed by atoms with E-state index >= 15 is 8.78 Å². The van der Waals surface area contributed by atoms with Crippen LogP contribution < -0.4 is 0 Å². The van der Waals surface area contributed by atoms with Gasteiger partial charge < -0.3 is 14.3 Å². The maximum absolute atomic E-state index is 17.3. The molecule has 0 aromatic carbocycles. The number of thiol groups is 1. The van der Waals surface area contributed by atoms with Gasteiger partial charge in [0.15, 0.2) is 16.6 Å². The molecule has 3 fully saturated rings. The molecule has 0 saturated heterocycles. The number of ether oxygens (including phenoxy) is 1. The van der Waals surface area contributed by atoms with Gasteiger partial charge >= 0.3 is 5.97 Å². The number of fused-ring (bicyclic) bond motifs is 5. The third kappa shape index (κ3) is 3.13. The van der Waals surface area contributed by atoms with Crippen LogP contribution in [-0.4, -0.2) is 45.5 Å². The lowest BCUT2D eigenvalue weighted by atomic mass is 9.45. The molecular weight excluding hydrogens is 478 g/mol. The van der Waals surface area contributed by atoms with Gasteiger partial charge in [0.1, 0.15) is 11.8 Å². The molecule has 1 aromatic heterocycles. The first kappa shape index (κ1) is 24.4. The van der Waals surface area contributed by atoms with Crippen molar-refractivity contribution < 1.29 is 37.4 Å². The van der Waals surface area contributed by atoms with Crippen LogP contribution in [0.4, 0.5) is 8.78 Å². The minimum Gasteiger partial charge on any atom is -0.457 e. The normalized spacial score (nSPS) is 46.3. The lowest BCUT2D eigenvalue weighted by Crippen LogP contribution is -2.68. The molecule has 0 amide bonds. The van der Waals surface area contributed by atoms with Crippen molar-refractivity contribution in [2.45, 2.75) is 63.6 Å². The summed E-state index contributed by atoms with van der Waals surface area (Å²) in [6.07, 6.45) is 1.59. The van der Waals surface area contributed by atoms with E-state index in [9.17, 15) is 19.5 Å². The number of aliphatic hydroxyl groups is 1. The van der Waals surface area contributed by atoms with Crippen LogP contribution in [0, 0.1) is 28.6 Å². The molecule has 35 heavy (non-hydrogen) atoms. The van der Waals surface area contributed by atoms with Crippen molar-refractivity contribution in [3.63, 3.8) is 0 Å². The van der Waals surface area contributed by atoms with Crippen LogP contribution in [0.2, 0.25) is 0 Å². The van der Waals surface area contributed by atoms with Crippen molar-refractivity contribution in [1.29, 1.82) is 0 Å². The number of aliphatic hydroxyl groups excluding tert-OH is 1. The molecule has 9 atom stereocenters. The number of hydrogen-bond donors (Lipinski definition) is 2. The van der Waals surface area contributed by atoms with Gasteiger partial charge in [-0.05, 0) is 74.3 Å². The molecule has 6 nitrogen and oxygen atoms in total. The fraction of sp³-hybridized carbons (Fsp3) is 0.577. The number of ketones is 1. The van der Waals surface area contributed by atoms with E-state index in [2.05, 4.69) is 12.6 Å². The second kappa shape index (κ2) is 7.62. The highest BCUT2D eigenvalue weighted by molar-refractivity contribution is 7.96. The van der Waals surface area contributed by atoms with Crippen molar-refractivity contribution in [1.82, 2.24) is 0 Å². The monoisotopic (exact) mass is 506 g/mol. The summed E-state index contributed by atoms with van der Waals surface area (Å²) in [4.78, 5) is 37.6. The Kier molecular flexibility index (Phi) is 5.32. The van der Waals surface area contributed by atoms with E-state index in [0.29, 0.717) is 0 Å². The smallest absolute Gasteiger partial charge is 0.374 e. The zero-order valence-corrected chi connectivity index (χ0v) is 20.6. The summed E-state index contributed by atoms with van der Waals surface area (Å²) in [6.45, 7) is 4.87. The van der Waals surface area contributed by atoms with Crippen molar-refractivity contribution in [2.24, 2.45) is 28.6 Å². The molecule has 188 valence electrons. The summed E-state index contributed by atoms with van der Waals surface area (Å²) < 4.78 is 43.8. The molecule has 4 aliphatic carbocycles. The lowest BCUT2D eigenvalue weighted by molar-refractivity contribution is -0.201. The quantitative estimate of drug-likeness (QED) is 0.472. The summed E-state index contributed by atoms with van der Waals surface area (Å²) in [5.74, 6) is -3.80. The number of halogens is 2. The summed E-state index contributed by atoms with van der Waals surface area (Å²) in [7, 11) is 0. The summed E-state index contributed by atoms with van der Waals surface area (Å²) in [6, 6.07) is 2.96. The molecule has 4 aliphatic rings. The van der Waals surface area contributed by atoms with Crippen LogP contribution in [0.25, 0.3) is 0 Å². The first-order valence-electron chi connectivity index (χ1n) is 11.7. The number of hydrogen-bond acceptors (Lipinski definition) is 6. The average Bonchev–Trinajstić information content (AvgIpc) is 3.37. The summed E-state index contributed by atoms with van der Waals surface area (Å²) in [5, 5.41) is 10.8. The Labute approximate surface area is 207 Å². The van der Waals surface area contributed by atoms with Crippen LogP contribution in [0.3, 0.4) is 0 Å². The molecule has 9 heteroatoms. The van der Waals surface area contributed by atoms with Gasteiger partial charge in [-0.15, -0.1) is 12.6 Å². The first-order valence-corrected chi connectivity index (χ1v) is 12.2. The van der Waals surface area contributed by atoms with E-state index in [4.69, 9.17) is 9.15 Å². The van der Waals surface area contributed by atoms with Crippen molar-refractivity contribution in [3.8, 4) is 0 Å². The minimum atomic E-state index is -2.29. The van der Waals surface area contributed by atoms with Gasteiger partial charge in [-0.2, -0.15) is 0 Å². The van der Waals surface area contributed by atoms with Crippen LogP contribution in [-0.2, 0) is 14.3 Å². The molecule has 3 saturated carbocycles. The van der Waals surface area contributed by atoms with Gasteiger partial charge in [0.05, 0.1) is 18.3 Å². The molecule has 0 bridgehead atoms. The molecule has 2 unspecified atom stereocenters. The van der Waals surface area contributed by atoms with E-state index in [0.717, 1.165) is 6.08 Å². The molecule has 1 N–H and O–H groups in total. The number of esters is 1. The van der Waals surface area contributed by atoms with Crippen LogP contribution in [0.1, 0.15) is 50.6 Å². The van der Waals surface area contributed by atoms with Crippen molar-refractivity contribution in [3.05, 3.63) is 48.0 Å². The van der Waals surface area contributed by atoms with Gasteiger partial charge in [0, 0.05) is 11.3 Å². The number of alkyl halides is 2. The second-order valence-electron chi connectivity index (χ2n) is 11.1. The highest BCUT2D eigenvalue weighted by Crippen LogP contribution is 2.71. The first-order chi connectivity index (χ1) is 16.3. The van der Waals surface area contributed by atoms with E-state index < -0.39 is 69.0 Å². The largest absolute Gasteiger partial charge is 0.457 e. The predicted molar refractivity (Wildman–Crippen MR) is 124 cm³/mol. The lowest BCUT2D eigenvalue weighted by Gasteiger charge is -2.62. The minimum absolute atomic E-state index is 0.0261. The zero-order chi connectivity index (χ0) is 25.6. The predicted octanol–water partition coefficient (Wildman–Crippen LogP) is 4.20. The Morgan fingerprint density at radius 3 is 2.57 bits per heavy atom. The third-order valence-corrected chi connectivity index (χ3v) is 9.51. The summed E-state index contributed by atoms with van der Waals surface area (Å²) >= 11 is 4.10. The SMILES string of the molecule is C[C@]12C[C@H](O)[C@@]3(F)C(C[C@H](F)C4=CC(=O)C=C[C@@]43C)C1C[C@](C)(OC(=O)c1ccco1)[C@@H]2C(=O)S. The third-order valence-electron chi connectivity index (χ3n) is 9.25.